The maximum atomic E-state index is 15.6. The average molecular weight is 542 g/mol. The van der Waals surface area contributed by atoms with E-state index in [1.54, 1.807) is 6.07 Å². The number of hydrogen-bond acceptors (Lipinski definition) is 10. The molecule has 1 fully saturated rings. The molecule has 4 atom stereocenters. The van der Waals surface area contributed by atoms with Gasteiger partial charge in [-0.2, -0.15) is 0 Å². The van der Waals surface area contributed by atoms with Crippen molar-refractivity contribution < 1.29 is 42.5 Å². The van der Waals surface area contributed by atoms with E-state index in [0.29, 0.717) is 5.75 Å². The second kappa shape index (κ2) is 11.0. The van der Waals surface area contributed by atoms with Crippen LogP contribution in [0.25, 0.3) is 0 Å². The van der Waals surface area contributed by atoms with Crippen molar-refractivity contribution in [3.05, 3.63) is 54.0 Å². The van der Waals surface area contributed by atoms with E-state index in [0.717, 1.165) is 43.7 Å². The molecule has 2 aliphatic heterocycles. The second-order valence-electron chi connectivity index (χ2n) is 9.31. The monoisotopic (exact) mass is 541 g/mol. The molecule has 0 saturated carbocycles. The second-order valence-corrected chi connectivity index (χ2v) is 11.3. The molecule has 37 heavy (non-hydrogen) atoms. The molecule has 1 amide bonds. The van der Waals surface area contributed by atoms with Crippen LogP contribution in [0.2, 0.25) is 0 Å². The topological polar surface area (TPSA) is 139 Å². The Morgan fingerprint density at radius 1 is 1.41 bits per heavy atom. The van der Waals surface area contributed by atoms with Gasteiger partial charge in [-0.3, -0.25) is 0 Å². The number of esters is 1. The number of rotatable bonds is 9. The number of ether oxygens (including phenoxy) is 2. The Labute approximate surface area is 214 Å². The molecular weight excluding hydrogens is 508 g/mol. The number of carbonyl (C=O) groups excluding carboxylic acids is 2. The molecule has 2 heterocycles. The third-order valence-corrected chi connectivity index (χ3v) is 8.34. The number of aliphatic hydroxyl groups is 1. The molecule has 13 heteroatoms. The van der Waals surface area contributed by atoms with Crippen LogP contribution in [0.1, 0.15) is 30.9 Å². The van der Waals surface area contributed by atoms with Crippen LogP contribution >= 0.6 is 8.09 Å². The number of aliphatic hydroxyl groups excluding tert-OH is 1. The van der Waals surface area contributed by atoms with Crippen LogP contribution in [0.3, 0.4) is 0 Å². The fourth-order valence-electron chi connectivity index (χ4n) is 4.62. The van der Waals surface area contributed by atoms with E-state index in [-0.39, 0.29) is 5.82 Å². The number of amides is 1. The Morgan fingerprint density at radius 2 is 2.16 bits per heavy atom. The molecule has 1 aromatic carbocycles. The van der Waals surface area contributed by atoms with Crippen molar-refractivity contribution in [2.45, 2.75) is 56.7 Å². The van der Waals surface area contributed by atoms with E-state index in [1.807, 2.05) is 12.1 Å². The van der Waals surface area contributed by atoms with E-state index in [9.17, 15) is 19.6 Å². The number of nitrogens with zero attached hydrogens (tertiary/aromatic N) is 1. The summed E-state index contributed by atoms with van der Waals surface area (Å²) >= 11 is 0. The summed E-state index contributed by atoms with van der Waals surface area (Å²) in [4.78, 5) is 35.9. The van der Waals surface area contributed by atoms with Crippen molar-refractivity contribution in [1.29, 1.82) is 0 Å². The van der Waals surface area contributed by atoms with Crippen LogP contribution in [0, 0.1) is 0 Å². The number of benzene rings is 1. The predicted molar refractivity (Wildman–Crippen MR) is 133 cm³/mol. The minimum atomic E-state index is -4.32. The zero-order valence-corrected chi connectivity index (χ0v) is 21.7. The molecule has 4 N–H and O–H groups in total. The minimum absolute atomic E-state index is 0.0814. The van der Waals surface area contributed by atoms with Gasteiger partial charge in [0, 0.05) is 0 Å². The van der Waals surface area contributed by atoms with Crippen molar-refractivity contribution in [2.24, 2.45) is 0 Å². The summed E-state index contributed by atoms with van der Waals surface area (Å²) in [5.74, 6) is -0.569. The van der Waals surface area contributed by atoms with Crippen LogP contribution < -0.4 is 14.9 Å². The fraction of sp³-hybridized carbons (Fsp3) is 0.500. The Morgan fingerprint density at radius 3 is 2.89 bits per heavy atom. The van der Waals surface area contributed by atoms with Gasteiger partial charge in [-0.25, -0.2) is 0 Å². The molecule has 0 spiro atoms. The molecule has 0 radical (unpaired) electrons. The van der Waals surface area contributed by atoms with Gasteiger partial charge >= 0.3 is 214 Å². The van der Waals surface area contributed by atoms with Crippen molar-refractivity contribution in [3.8, 4) is 5.75 Å². The molecule has 0 aromatic heterocycles. The van der Waals surface area contributed by atoms with E-state index >= 15 is 4.39 Å². The number of nitrogens with one attached hydrogen (secondary N) is 2. The van der Waals surface area contributed by atoms with Crippen LogP contribution in [0.15, 0.2) is 42.9 Å². The van der Waals surface area contributed by atoms with Crippen LogP contribution in [-0.4, -0.2) is 71.1 Å². The van der Waals surface area contributed by atoms with E-state index in [4.69, 9.17) is 13.8 Å². The average Bonchev–Trinajstić information content (AvgIpc) is 3.10. The first-order valence-electron chi connectivity index (χ1n) is 12.0. The maximum absolute atomic E-state index is 15.6. The number of aryl methyl sites for hydroxylation is 1. The normalized spacial score (nSPS) is 28.0. The van der Waals surface area contributed by atoms with Crippen LogP contribution in [-0.2, 0) is 36.4 Å². The Bertz CT molecular complexity index is 1090. The third-order valence-electron chi connectivity index (χ3n) is 6.66. The molecule has 4 rings (SSSR count). The van der Waals surface area contributed by atoms with Gasteiger partial charge in [0.05, 0.1) is 0 Å². The fourth-order valence-corrected chi connectivity index (χ4v) is 6.10. The van der Waals surface area contributed by atoms with Crippen molar-refractivity contribution in [1.82, 2.24) is 15.3 Å². The molecule has 1 aliphatic carbocycles. The third kappa shape index (κ3) is 5.95. The summed E-state index contributed by atoms with van der Waals surface area (Å²) in [5, 5.41) is 15.8. The number of carbonyl (C=O) groups is 2. The first kappa shape index (κ1) is 27.4. The first-order chi connectivity index (χ1) is 17.5. The van der Waals surface area contributed by atoms with E-state index < -0.39 is 57.2 Å². The Kier molecular flexibility index (Phi) is 8.17. The molecule has 3 aliphatic rings. The van der Waals surface area contributed by atoms with Crippen molar-refractivity contribution in [2.75, 3.05) is 20.3 Å². The Balaban J connectivity index is 1.51. The van der Waals surface area contributed by atoms with Gasteiger partial charge in [0.15, 0.2) is 0 Å². The molecule has 0 unspecified atom stereocenters. The molecule has 1 aromatic rings. The van der Waals surface area contributed by atoms with E-state index in [2.05, 4.69) is 21.7 Å². The number of hydrogen-bond donors (Lipinski definition) is 4. The number of halogens is 1. The van der Waals surface area contributed by atoms with Crippen LogP contribution in [0.5, 0.6) is 5.75 Å². The molecule has 11 nitrogen and oxygen atoms in total. The zero-order valence-electron chi connectivity index (χ0n) is 20.7. The van der Waals surface area contributed by atoms with Gasteiger partial charge < -0.3 is 0 Å². The van der Waals surface area contributed by atoms with Gasteiger partial charge in [0.1, 0.15) is 0 Å². The molecule has 204 valence electrons. The van der Waals surface area contributed by atoms with E-state index in [1.165, 1.54) is 24.3 Å². The molecule has 0 bridgehead atoms. The quantitative estimate of drug-likeness (QED) is 0.268. The van der Waals surface area contributed by atoms with Gasteiger partial charge in [-0.1, -0.05) is 0 Å². The molecular formula is C24H33FN3O8P. The Hall–Kier alpha value is -2.60. The summed E-state index contributed by atoms with van der Waals surface area (Å²) in [6.45, 7) is 4.00. The summed E-state index contributed by atoms with van der Waals surface area (Å²) in [7, 11) is -3.12. The number of alkyl halides is 1. The van der Waals surface area contributed by atoms with Gasteiger partial charge in [-0.05, 0) is 0 Å². The summed E-state index contributed by atoms with van der Waals surface area (Å²) in [6, 6.07) is 5.53. The van der Waals surface area contributed by atoms with Crippen LogP contribution in [0.4, 0.5) is 4.39 Å². The predicted octanol–water partition coefficient (Wildman–Crippen LogP) is 1.36. The number of methoxy groups -OCH3 is 1. The standard InChI is InChI=1S/C24H33FN3O8P/c1-15-27-20(29)11-12-28(15)23-24(2,25)22(31)19(35-23)14-34-37(32,26-13-21(30)33-3)36-18-10-6-8-16-7-4-5-9-17(16)18/h6,8,10-12,19,22-23,26,31-32,37H,1,4-5,7,9,13-14H2,2-3H3,(H,27,29)/t19-,22-,23-,24-/m1/s1. The number of fused-ring (bicyclic) bond motifs is 1. The zero-order chi connectivity index (χ0) is 26.8. The van der Waals surface area contributed by atoms with Gasteiger partial charge in [-0.15, -0.1) is 0 Å². The first-order valence-corrected chi connectivity index (χ1v) is 13.8. The van der Waals surface area contributed by atoms with Crippen molar-refractivity contribution >= 4 is 20.0 Å². The summed E-state index contributed by atoms with van der Waals surface area (Å²) < 4.78 is 37.7. The summed E-state index contributed by atoms with van der Waals surface area (Å²) in [6.07, 6.45) is 1.97. The molecule has 1 saturated heterocycles. The van der Waals surface area contributed by atoms with Gasteiger partial charge in [0.25, 0.3) is 0 Å². The van der Waals surface area contributed by atoms with Gasteiger partial charge in [0.2, 0.25) is 0 Å². The SMILES string of the molecule is C=C1NC(=O)C=CN1[C@@H]1O[C@H](CO[PH](O)(NCC(=O)OC)Oc2cccc3c2CCCC3)[C@@H](O)[C@@]1(C)F. The van der Waals surface area contributed by atoms with Crippen molar-refractivity contribution in [3.63, 3.8) is 0 Å². The summed E-state index contributed by atoms with van der Waals surface area (Å²) in [5.41, 5.74) is -0.225.